The fraction of sp³-hybridized carbons (Fsp3) is 0.500. The van der Waals surface area contributed by atoms with Crippen molar-refractivity contribution < 1.29 is 9.90 Å². The molecule has 0 aliphatic carbocycles. The number of aromatic nitrogens is 3. The van der Waals surface area contributed by atoms with E-state index in [1.807, 2.05) is 23.1 Å². The molecule has 2 saturated heterocycles. The zero-order chi connectivity index (χ0) is 19.3. The van der Waals surface area contributed by atoms with Crippen molar-refractivity contribution in [3.8, 4) is 0 Å². The second kappa shape index (κ2) is 8.62. The van der Waals surface area contributed by atoms with E-state index in [9.17, 15) is 9.90 Å². The van der Waals surface area contributed by atoms with Crippen molar-refractivity contribution in [2.45, 2.75) is 12.5 Å². The molecule has 2 aromatic heterocycles. The number of β-amino-alcohol motifs (C(OH)–C–C–N with tert-alkyl or cyclic N) is 1. The summed E-state index contributed by atoms with van der Waals surface area (Å²) in [6, 6.07) is 5.74. The van der Waals surface area contributed by atoms with Gasteiger partial charge < -0.3 is 14.9 Å². The maximum atomic E-state index is 12.7. The Kier molecular flexibility index (Phi) is 5.78. The minimum atomic E-state index is -0.468. The Morgan fingerprint density at radius 3 is 2.46 bits per heavy atom. The molecular formula is C20H26N6O2. The van der Waals surface area contributed by atoms with Gasteiger partial charge in [0.05, 0.1) is 12.6 Å². The van der Waals surface area contributed by atoms with Crippen molar-refractivity contribution in [3.63, 3.8) is 0 Å². The molecule has 0 radical (unpaired) electrons. The first-order valence-corrected chi connectivity index (χ1v) is 9.78. The quantitative estimate of drug-likeness (QED) is 0.782. The zero-order valence-electron chi connectivity index (χ0n) is 15.9. The van der Waals surface area contributed by atoms with Gasteiger partial charge in [0.15, 0.2) is 0 Å². The van der Waals surface area contributed by atoms with Crippen molar-refractivity contribution in [1.29, 1.82) is 0 Å². The Labute approximate surface area is 164 Å². The minimum Gasteiger partial charge on any atom is -0.391 e. The van der Waals surface area contributed by atoms with Crippen LogP contribution >= 0.6 is 0 Å². The van der Waals surface area contributed by atoms with Crippen LogP contribution in [0, 0.1) is 5.92 Å². The summed E-state index contributed by atoms with van der Waals surface area (Å²) in [7, 11) is 0. The average Bonchev–Trinajstić information content (AvgIpc) is 3.10. The molecule has 4 rings (SSSR count). The summed E-state index contributed by atoms with van der Waals surface area (Å²) in [5.41, 5.74) is 1.15. The Balaban J connectivity index is 1.25. The highest BCUT2D eigenvalue weighted by Crippen LogP contribution is 2.22. The van der Waals surface area contributed by atoms with Crippen LogP contribution < -0.4 is 4.90 Å². The van der Waals surface area contributed by atoms with Gasteiger partial charge in [0.1, 0.15) is 0 Å². The van der Waals surface area contributed by atoms with Crippen LogP contribution in [0.5, 0.6) is 0 Å². The molecule has 8 nitrogen and oxygen atoms in total. The minimum absolute atomic E-state index is 0.0819. The number of hydrogen-bond donors (Lipinski definition) is 1. The van der Waals surface area contributed by atoms with Crippen molar-refractivity contribution in [1.82, 2.24) is 24.8 Å². The molecule has 2 aliphatic heterocycles. The number of piperazine rings is 1. The van der Waals surface area contributed by atoms with Crippen LogP contribution in [0.15, 0.2) is 43.0 Å². The molecule has 0 saturated carbocycles. The smallest absolute Gasteiger partial charge is 0.236 e. The summed E-state index contributed by atoms with van der Waals surface area (Å²) in [5.74, 6) is 0.925. The van der Waals surface area contributed by atoms with Crippen LogP contribution in [0.2, 0.25) is 0 Å². The first-order valence-electron chi connectivity index (χ1n) is 9.78. The number of hydrogen-bond acceptors (Lipinski definition) is 7. The van der Waals surface area contributed by atoms with Crippen molar-refractivity contribution in [2.24, 2.45) is 5.92 Å². The number of pyridine rings is 1. The van der Waals surface area contributed by atoms with E-state index in [-0.39, 0.29) is 11.8 Å². The predicted molar refractivity (Wildman–Crippen MR) is 105 cm³/mol. The third kappa shape index (κ3) is 4.45. The van der Waals surface area contributed by atoms with Gasteiger partial charge in [0.25, 0.3) is 0 Å². The Morgan fingerprint density at radius 2 is 1.75 bits per heavy atom. The Morgan fingerprint density at radius 1 is 1.04 bits per heavy atom. The van der Waals surface area contributed by atoms with Gasteiger partial charge in [-0.1, -0.05) is 0 Å². The van der Waals surface area contributed by atoms with Crippen LogP contribution in [0.4, 0.5) is 5.95 Å². The summed E-state index contributed by atoms with van der Waals surface area (Å²) >= 11 is 0. The lowest BCUT2D eigenvalue weighted by molar-refractivity contribution is -0.131. The largest absolute Gasteiger partial charge is 0.391 e. The molecule has 1 amide bonds. The molecule has 2 unspecified atom stereocenters. The summed E-state index contributed by atoms with van der Waals surface area (Å²) < 4.78 is 0. The molecule has 2 aliphatic rings. The van der Waals surface area contributed by atoms with Gasteiger partial charge in [-0.05, 0) is 30.2 Å². The summed E-state index contributed by atoms with van der Waals surface area (Å²) in [6.45, 7) is 4.67. The van der Waals surface area contributed by atoms with E-state index >= 15 is 0 Å². The summed E-state index contributed by atoms with van der Waals surface area (Å²) in [5, 5.41) is 10.4. The summed E-state index contributed by atoms with van der Waals surface area (Å²) in [6.07, 6.45) is 7.32. The SMILES string of the molecule is O=C(CN1CCN(c2ncccn2)CC1)N1CC(O)C(Cc2ccncc2)C1. The Bertz CT molecular complexity index is 767. The van der Waals surface area contributed by atoms with E-state index in [4.69, 9.17) is 0 Å². The third-order valence-electron chi connectivity index (χ3n) is 5.57. The van der Waals surface area contributed by atoms with E-state index in [0.717, 1.165) is 44.1 Å². The second-order valence-corrected chi connectivity index (χ2v) is 7.50. The fourth-order valence-corrected chi connectivity index (χ4v) is 3.93. The molecule has 0 aromatic carbocycles. The zero-order valence-corrected chi connectivity index (χ0v) is 15.9. The molecular weight excluding hydrogens is 356 g/mol. The molecule has 2 aromatic rings. The van der Waals surface area contributed by atoms with Crippen LogP contribution in [-0.2, 0) is 11.2 Å². The molecule has 1 N–H and O–H groups in total. The van der Waals surface area contributed by atoms with Crippen LogP contribution in [0.1, 0.15) is 5.56 Å². The normalized spacial score (nSPS) is 23.2. The Hall–Kier alpha value is -2.58. The molecule has 0 bridgehead atoms. The number of likely N-dealkylation sites (tertiary alicyclic amines) is 1. The number of carbonyl (C=O) groups is 1. The number of carbonyl (C=O) groups excluding carboxylic acids is 1. The number of aliphatic hydroxyl groups is 1. The molecule has 0 spiro atoms. The monoisotopic (exact) mass is 382 g/mol. The molecule has 8 heteroatoms. The van der Waals surface area contributed by atoms with E-state index in [1.54, 1.807) is 24.8 Å². The van der Waals surface area contributed by atoms with Crippen LogP contribution in [0.3, 0.4) is 0 Å². The highest BCUT2D eigenvalue weighted by molar-refractivity contribution is 5.78. The van der Waals surface area contributed by atoms with E-state index in [2.05, 4.69) is 24.8 Å². The number of nitrogens with zero attached hydrogens (tertiary/aromatic N) is 6. The van der Waals surface area contributed by atoms with Crippen LogP contribution in [0.25, 0.3) is 0 Å². The van der Waals surface area contributed by atoms with E-state index in [0.29, 0.717) is 19.6 Å². The highest BCUT2D eigenvalue weighted by Gasteiger charge is 2.34. The molecule has 28 heavy (non-hydrogen) atoms. The predicted octanol–water partition coefficient (Wildman–Crippen LogP) is 0.0556. The topological polar surface area (TPSA) is 85.7 Å². The maximum Gasteiger partial charge on any atom is 0.236 e. The molecule has 4 heterocycles. The van der Waals surface area contributed by atoms with Crippen LogP contribution in [-0.4, -0.2) is 87.7 Å². The first kappa shape index (κ1) is 18.8. The third-order valence-corrected chi connectivity index (χ3v) is 5.57. The fourth-order valence-electron chi connectivity index (χ4n) is 3.93. The maximum absolute atomic E-state index is 12.7. The number of amides is 1. The standard InChI is InChI=1S/C20H26N6O2/c27-18-14-26(13-17(18)12-16-2-6-21-7-3-16)19(28)15-24-8-10-25(11-9-24)20-22-4-1-5-23-20/h1-7,17-18,27H,8-15H2. The average molecular weight is 382 g/mol. The van der Waals surface area contributed by atoms with Gasteiger partial charge in [-0.15, -0.1) is 0 Å². The van der Waals surface area contributed by atoms with Gasteiger partial charge >= 0.3 is 0 Å². The number of aliphatic hydroxyl groups excluding tert-OH is 1. The van der Waals surface area contributed by atoms with E-state index in [1.165, 1.54) is 0 Å². The lowest BCUT2D eigenvalue weighted by atomic mass is 9.97. The number of anilines is 1. The van der Waals surface area contributed by atoms with Gasteiger partial charge in [-0.2, -0.15) is 0 Å². The van der Waals surface area contributed by atoms with Gasteiger partial charge in [0, 0.05) is 70.0 Å². The summed E-state index contributed by atoms with van der Waals surface area (Å²) in [4.78, 5) is 31.5. The van der Waals surface area contributed by atoms with Crippen molar-refractivity contribution in [2.75, 3.05) is 50.7 Å². The van der Waals surface area contributed by atoms with Gasteiger partial charge in [-0.25, -0.2) is 9.97 Å². The molecule has 148 valence electrons. The van der Waals surface area contributed by atoms with E-state index < -0.39 is 6.10 Å². The first-order chi connectivity index (χ1) is 13.7. The van der Waals surface area contributed by atoms with Crippen molar-refractivity contribution >= 4 is 11.9 Å². The second-order valence-electron chi connectivity index (χ2n) is 7.50. The highest BCUT2D eigenvalue weighted by atomic mass is 16.3. The van der Waals surface area contributed by atoms with Gasteiger partial charge in [0.2, 0.25) is 11.9 Å². The molecule has 2 fully saturated rings. The molecule has 2 atom stereocenters. The number of rotatable bonds is 5. The van der Waals surface area contributed by atoms with Gasteiger partial charge in [-0.3, -0.25) is 14.7 Å². The van der Waals surface area contributed by atoms with Crippen molar-refractivity contribution in [3.05, 3.63) is 48.5 Å². The lowest BCUT2D eigenvalue weighted by Gasteiger charge is -2.34. The lowest BCUT2D eigenvalue weighted by Crippen LogP contribution is -2.50.